The lowest BCUT2D eigenvalue weighted by Gasteiger charge is -2.33. The summed E-state index contributed by atoms with van der Waals surface area (Å²) in [4.78, 5) is 48.8. The summed E-state index contributed by atoms with van der Waals surface area (Å²) in [6.45, 7) is 8.90. The van der Waals surface area contributed by atoms with Crippen molar-refractivity contribution in [2.75, 3.05) is 5.32 Å². The zero-order chi connectivity index (χ0) is 27.1. The summed E-state index contributed by atoms with van der Waals surface area (Å²) in [6, 6.07) is 4.16. The van der Waals surface area contributed by atoms with Gasteiger partial charge in [0.15, 0.2) is 0 Å². The molecule has 11 nitrogen and oxygen atoms in total. The average molecular weight is 508 g/mol. The number of aromatic nitrogens is 3. The minimum absolute atomic E-state index is 0.0899. The Labute approximate surface area is 212 Å². The molecule has 2 bridgehead atoms. The molecule has 2 amide bonds. The molecule has 3 aromatic rings. The fourth-order valence-electron chi connectivity index (χ4n) is 4.77. The molecular formula is C26H29N5O6. The van der Waals surface area contributed by atoms with E-state index < -0.39 is 29.6 Å². The maximum atomic E-state index is 13.4. The van der Waals surface area contributed by atoms with Gasteiger partial charge >= 0.3 is 11.6 Å². The summed E-state index contributed by atoms with van der Waals surface area (Å²) in [5.74, 6) is -1.78. The summed E-state index contributed by atoms with van der Waals surface area (Å²) in [6.07, 6.45) is 3.64. The number of carbonyl (C=O) groups is 3. The van der Waals surface area contributed by atoms with E-state index in [1.807, 2.05) is 26.8 Å². The fraction of sp³-hybridized carbons (Fsp3) is 0.385. The molecule has 0 saturated heterocycles. The van der Waals surface area contributed by atoms with Crippen molar-refractivity contribution >= 4 is 34.4 Å². The monoisotopic (exact) mass is 507 g/mol. The lowest BCUT2D eigenvalue weighted by Crippen LogP contribution is -2.47. The van der Waals surface area contributed by atoms with Gasteiger partial charge in [0.1, 0.15) is 17.3 Å². The van der Waals surface area contributed by atoms with E-state index in [9.17, 15) is 19.2 Å². The predicted molar refractivity (Wildman–Crippen MR) is 135 cm³/mol. The molecule has 2 aromatic heterocycles. The highest BCUT2D eigenvalue weighted by atomic mass is 16.4. The normalized spacial score (nSPS) is 21.4. The van der Waals surface area contributed by atoms with Gasteiger partial charge in [0, 0.05) is 30.0 Å². The van der Waals surface area contributed by atoms with E-state index in [-0.39, 0.29) is 28.9 Å². The number of anilines is 1. The van der Waals surface area contributed by atoms with Crippen molar-refractivity contribution in [2.24, 2.45) is 5.92 Å². The predicted octanol–water partition coefficient (Wildman–Crippen LogP) is 2.84. The zero-order valence-corrected chi connectivity index (χ0v) is 21.3. The molecule has 11 heteroatoms. The Bertz CT molecular complexity index is 1500. The van der Waals surface area contributed by atoms with Crippen LogP contribution in [0, 0.1) is 12.8 Å². The molecule has 1 aliphatic rings. The molecule has 0 fully saturated rings. The van der Waals surface area contributed by atoms with Crippen LogP contribution in [0.1, 0.15) is 57.0 Å². The highest BCUT2D eigenvalue weighted by Gasteiger charge is 2.38. The molecule has 0 spiro atoms. The van der Waals surface area contributed by atoms with Crippen LogP contribution in [0.4, 0.5) is 5.69 Å². The number of carboxylic acid groups (broad SMARTS) is 1. The van der Waals surface area contributed by atoms with E-state index in [1.165, 1.54) is 17.7 Å². The van der Waals surface area contributed by atoms with Gasteiger partial charge in [0.05, 0.1) is 23.7 Å². The minimum atomic E-state index is -1.12. The number of aryl methyl sites for hydroxylation is 1. The summed E-state index contributed by atoms with van der Waals surface area (Å²) < 4.78 is 6.85. The van der Waals surface area contributed by atoms with Crippen LogP contribution in [-0.4, -0.2) is 37.9 Å². The molecular weight excluding hydrogens is 478 g/mol. The second-order valence-corrected chi connectivity index (χ2v) is 9.75. The third kappa shape index (κ3) is 5.02. The van der Waals surface area contributed by atoms with E-state index in [2.05, 4.69) is 20.9 Å². The molecule has 37 heavy (non-hydrogen) atoms. The van der Waals surface area contributed by atoms with Gasteiger partial charge in [0.2, 0.25) is 11.8 Å². The quantitative estimate of drug-likeness (QED) is 0.351. The number of hydrogen-bond acceptors (Lipinski definition) is 7. The highest BCUT2D eigenvalue weighted by molar-refractivity contribution is 5.96. The number of amides is 2. The van der Waals surface area contributed by atoms with Gasteiger partial charge in [0.25, 0.3) is 0 Å². The van der Waals surface area contributed by atoms with Crippen molar-refractivity contribution in [2.45, 2.75) is 59.0 Å². The molecule has 3 N–H and O–H groups in total. The molecule has 0 aliphatic carbocycles. The van der Waals surface area contributed by atoms with Gasteiger partial charge in [-0.2, -0.15) is 0 Å². The number of nitrogens with one attached hydrogen (secondary N) is 2. The molecule has 3 heterocycles. The van der Waals surface area contributed by atoms with Gasteiger partial charge in [-0.15, -0.1) is 5.10 Å². The molecule has 0 saturated carbocycles. The molecule has 1 aliphatic heterocycles. The number of nitrogens with zero attached hydrogens (tertiary/aromatic N) is 3. The largest absolute Gasteiger partial charge is 0.481 e. The van der Waals surface area contributed by atoms with Crippen LogP contribution in [0.3, 0.4) is 0 Å². The first-order valence-electron chi connectivity index (χ1n) is 11.9. The Morgan fingerprint density at radius 3 is 2.68 bits per heavy atom. The maximum absolute atomic E-state index is 13.4. The number of rotatable bonds is 5. The maximum Gasteiger partial charge on any atom is 0.340 e. The van der Waals surface area contributed by atoms with Crippen LogP contribution >= 0.6 is 0 Å². The SMILES string of the molecule is CC(=O)NC1(C)c2cn(nn2)C(C(=O)Nc2ccc3c(C)c(CC(=O)O)c(=O)oc3c2)CC(C)=CC1C. The van der Waals surface area contributed by atoms with Crippen molar-refractivity contribution in [1.82, 2.24) is 20.3 Å². The highest BCUT2D eigenvalue weighted by Crippen LogP contribution is 2.34. The average Bonchev–Trinajstić information content (AvgIpc) is 3.30. The lowest BCUT2D eigenvalue weighted by molar-refractivity contribution is -0.136. The van der Waals surface area contributed by atoms with E-state index in [0.717, 1.165) is 5.57 Å². The third-order valence-electron chi connectivity index (χ3n) is 6.94. The molecule has 194 valence electrons. The van der Waals surface area contributed by atoms with Gasteiger partial charge in [-0.25, -0.2) is 9.48 Å². The second kappa shape index (κ2) is 9.64. The topological polar surface area (TPSA) is 156 Å². The second-order valence-electron chi connectivity index (χ2n) is 9.75. The third-order valence-corrected chi connectivity index (χ3v) is 6.94. The number of hydrogen-bond donors (Lipinski definition) is 3. The Balaban J connectivity index is 1.66. The van der Waals surface area contributed by atoms with Gasteiger partial charge in [-0.05, 0) is 44.9 Å². The smallest absolute Gasteiger partial charge is 0.340 e. The van der Waals surface area contributed by atoms with Crippen molar-refractivity contribution in [3.05, 3.63) is 63.3 Å². The lowest BCUT2D eigenvalue weighted by atomic mass is 9.82. The first-order chi connectivity index (χ1) is 17.4. The minimum Gasteiger partial charge on any atom is -0.481 e. The van der Waals surface area contributed by atoms with Gasteiger partial charge in [-0.1, -0.05) is 23.8 Å². The van der Waals surface area contributed by atoms with Gasteiger partial charge in [-0.3, -0.25) is 14.4 Å². The summed E-state index contributed by atoms with van der Waals surface area (Å²) >= 11 is 0. The van der Waals surface area contributed by atoms with Crippen LogP contribution in [0.25, 0.3) is 11.0 Å². The van der Waals surface area contributed by atoms with Crippen molar-refractivity contribution in [3.8, 4) is 0 Å². The molecule has 3 unspecified atom stereocenters. The van der Waals surface area contributed by atoms with Crippen LogP contribution in [-0.2, 0) is 26.3 Å². The molecule has 0 radical (unpaired) electrons. The van der Waals surface area contributed by atoms with Crippen LogP contribution in [0.2, 0.25) is 0 Å². The summed E-state index contributed by atoms with van der Waals surface area (Å²) in [7, 11) is 0. The van der Waals surface area contributed by atoms with Crippen molar-refractivity contribution < 1.29 is 23.9 Å². The summed E-state index contributed by atoms with van der Waals surface area (Å²) in [5, 5.41) is 24.0. The van der Waals surface area contributed by atoms with Crippen molar-refractivity contribution in [3.63, 3.8) is 0 Å². The Kier molecular flexibility index (Phi) is 6.72. The first kappa shape index (κ1) is 25.8. The van der Waals surface area contributed by atoms with E-state index in [0.29, 0.717) is 28.8 Å². The van der Waals surface area contributed by atoms with E-state index in [4.69, 9.17) is 9.52 Å². The fourth-order valence-corrected chi connectivity index (χ4v) is 4.77. The number of allylic oxidation sites excluding steroid dienone is 1. The van der Waals surface area contributed by atoms with E-state index >= 15 is 0 Å². The number of benzene rings is 1. The zero-order valence-electron chi connectivity index (χ0n) is 21.3. The van der Waals surface area contributed by atoms with Crippen LogP contribution < -0.4 is 16.3 Å². The van der Waals surface area contributed by atoms with Crippen LogP contribution in [0.15, 0.2) is 45.3 Å². The summed E-state index contributed by atoms with van der Waals surface area (Å²) in [5.41, 5.74) is 1.23. The standard InChI is InChI=1S/C26H29N5O6/c1-13-8-14(2)26(5,28-16(4)32)22-12-31(30-29-22)20(9-13)24(35)27-17-6-7-18-15(3)19(11-23(33)34)25(36)37-21(18)10-17/h6-8,10,12,14,20H,9,11H2,1-5H3,(H,27,35)(H,28,32)(H,33,34). The number of carbonyl (C=O) groups excluding carboxylic acids is 2. The molecule has 3 atom stereocenters. The first-order valence-corrected chi connectivity index (χ1v) is 11.9. The van der Waals surface area contributed by atoms with Gasteiger partial charge < -0.3 is 20.2 Å². The van der Waals surface area contributed by atoms with E-state index in [1.54, 1.807) is 25.3 Å². The molecule has 1 aromatic carbocycles. The number of fused-ring (bicyclic) bond motifs is 3. The molecule has 4 rings (SSSR count). The Hall–Kier alpha value is -4.28. The number of aliphatic carboxylic acids is 1. The Morgan fingerprint density at radius 1 is 1.27 bits per heavy atom. The number of carboxylic acids is 1. The van der Waals surface area contributed by atoms with Crippen molar-refractivity contribution in [1.29, 1.82) is 0 Å². The Morgan fingerprint density at radius 2 is 2.00 bits per heavy atom. The van der Waals surface area contributed by atoms with Crippen LogP contribution in [0.5, 0.6) is 0 Å².